The minimum absolute atomic E-state index is 0. The van der Waals surface area contributed by atoms with Gasteiger partial charge in [-0.1, -0.05) is 18.2 Å². The number of benzene rings is 1. The van der Waals surface area contributed by atoms with Crippen LogP contribution in [-0.2, 0) is 0 Å². The number of aromatic amines is 1. The van der Waals surface area contributed by atoms with E-state index < -0.39 is 0 Å². The molecule has 6 heteroatoms. The highest BCUT2D eigenvalue weighted by molar-refractivity contribution is 6.06. The number of fused-ring (bicyclic) bond motifs is 1. The highest BCUT2D eigenvalue weighted by atomic mass is 35.5. The second kappa shape index (κ2) is 5.55. The van der Waals surface area contributed by atoms with Crippen molar-refractivity contribution in [2.24, 2.45) is 10.7 Å². The molecule has 0 aliphatic rings. The fraction of sp³-hybridized carbons (Fsp3) is 0.167. The van der Waals surface area contributed by atoms with Crippen molar-refractivity contribution in [2.45, 2.75) is 0 Å². The van der Waals surface area contributed by atoms with E-state index in [-0.39, 0.29) is 24.3 Å². The number of halogens is 1. The van der Waals surface area contributed by atoms with Gasteiger partial charge < -0.3 is 10.7 Å². The summed E-state index contributed by atoms with van der Waals surface area (Å²) >= 11 is 0. The molecule has 0 bridgehead atoms. The van der Waals surface area contributed by atoms with Crippen LogP contribution in [0.1, 0.15) is 10.5 Å². The van der Waals surface area contributed by atoms with Gasteiger partial charge >= 0.3 is 0 Å². The summed E-state index contributed by atoms with van der Waals surface area (Å²) in [5.74, 6) is -0.0158. The van der Waals surface area contributed by atoms with Crippen molar-refractivity contribution in [1.82, 2.24) is 9.88 Å². The molecule has 0 aliphatic heterocycles. The Balaban J connectivity index is 0.00000162. The number of aliphatic imine (C=N–C) groups is 1. The number of para-hydroxylation sites is 1. The molecule has 5 nitrogen and oxygen atoms in total. The molecule has 1 amide bonds. The topological polar surface area (TPSA) is 74.5 Å². The number of guanidine groups is 1. The molecule has 0 unspecified atom stereocenters. The van der Waals surface area contributed by atoms with Gasteiger partial charge in [0.2, 0.25) is 0 Å². The van der Waals surface area contributed by atoms with E-state index in [1.165, 1.54) is 4.90 Å². The van der Waals surface area contributed by atoms with Crippen LogP contribution in [0.5, 0.6) is 0 Å². The van der Waals surface area contributed by atoms with Crippen LogP contribution in [0.2, 0.25) is 0 Å². The van der Waals surface area contributed by atoms with E-state index in [2.05, 4.69) is 9.98 Å². The molecule has 0 radical (unpaired) electrons. The summed E-state index contributed by atoms with van der Waals surface area (Å²) in [6.07, 6.45) is 0. The van der Waals surface area contributed by atoms with Gasteiger partial charge in [0.05, 0.1) is 0 Å². The Hall–Kier alpha value is -2.01. The molecule has 0 saturated heterocycles. The van der Waals surface area contributed by atoms with Gasteiger partial charge in [-0.2, -0.15) is 0 Å². The van der Waals surface area contributed by atoms with E-state index in [9.17, 15) is 4.79 Å². The summed E-state index contributed by atoms with van der Waals surface area (Å²) in [5.41, 5.74) is 7.02. The number of H-pyrrole nitrogens is 1. The van der Waals surface area contributed by atoms with Crippen LogP contribution in [0, 0.1) is 0 Å². The van der Waals surface area contributed by atoms with Crippen molar-refractivity contribution in [3.05, 3.63) is 36.0 Å². The van der Waals surface area contributed by atoms with E-state index in [0.29, 0.717) is 5.69 Å². The quantitative estimate of drug-likeness (QED) is 0.608. The molecule has 1 aromatic heterocycles. The number of amides is 1. The molecule has 0 spiro atoms. The third-order valence-corrected chi connectivity index (χ3v) is 2.64. The third kappa shape index (κ3) is 2.46. The molecule has 0 fully saturated rings. The fourth-order valence-electron chi connectivity index (χ4n) is 1.62. The molecule has 0 saturated carbocycles. The Bertz CT molecular complexity index is 558. The van der Waals surface area contributed by atoms with Crippen molar-refractivity contribution in [3.63, 3.8) is 0 Å². The molecule has 1 heterocycles. The number of hydrogen-bond acceptors (Lipinski definition) is 2. The van der Waals surface area contributed by atoms with E-state index >= 15 is 0 Å². The zero-order valence-corrected chi connectivity index (χ0v) is 11.0. The predicted octanol–water partition coefficient (Wildman–Crippen LogP) is 1.61. The average Bonchev–Trinajstić information content (AvgIpc) is 2.79. The number of aromatic nitrogens is 1. The molecule has 0 atom stereocenters. The Morgan fingerprint density at radius 1 is 1.39 bits per heavy atom. The zero-order valence-electron chi connectivity index (χ0n) is 10.2. The number of rotatable bonds is 1. The summed E-state index contributed by atoms with van der Waals surface area (Å²) in [6.45, 7) is 0. The van der Waals surface area contributed by atoms with Gasteiger partial charge in [-0.15, -0.1) is 12.4 Å². The van der Waals surface area contributed by atoms with Gasteiger partial charge in [-0.3, -0.25) is 14.7 Å². The largest absolute Gasteiger partial charge is 0.369 e. The lowest BCUT2D eigenvalue weighted by Gasteiger charge is -2.14. The maximum absolute atomic E-state index is 12.0. The summed E-state index contributed by atoms with van der Waals surface area (Å²) in [4.78, 5) is 20.2. The Morgan fingerprint density at radius 2 is 2.06 bits per heavy atom. The first-order chi connectivity index (χ1) is 8.13. The van der Waals surface area contributed by atoms with Crippen LogP contribution < -0.4 is 5.73 Å². The average molecular weight is 267 g/mol. The minimum atomic E-state index is -0.204. The van der Waals surface area contributed by atoms with Crippen molar-refractivity contribution >= 4 is 35.2 Å². The molecule has 2 aromatic rings. The van der Waals surface area contributed by atoms with Crippen LogP contribution in [0.15, 0.2) is 35.3 Å². The third-order valence-electron chi connectivity index (χ3n) is 2.64. The Labute approximate surface area is 111 Å². The lowest BCUT2D eigenvalue weighted by atomic mass is 10.2. The number of hydrogen-bond donors (Lipinski definition) is 2. The molecule has 1 aromatic carbocycles. The number of nitrogens with one attached hydrogen (secondary N) is 1. The highest BCUT2D eigenvalue weighted by Crippen LogP contribution is 2.15. The molecular formula is C12H15ClN4O. The maximum atomic E-state index is 12.0. The lowest BCUT2D eigenvalue weighted by Crippen LogP contribution is -2.38. The van der Waals surface area contributed by atoms with Gasteiger partial charge in [-0.05, 0) is 12.1 Å². The smallest absolute Gasteiger partial charge is 0.276 e. The summed E-state index contributed by atoms with van der Waals surface area (Å²) in [6, 6.07) is 9.51. The molecule has 96 valence electrons. The minimum Gasteiger partial charge on any atom is -0.369 e. The standard InChI is InChI=1S/C12H14N4O.ClH/c1-14-12(13)16(2)11(17)10-7-8-5-3-4-6-9(8)15-10;/h3-7,15H,1-2H3,(H2,13,14);1H. The molecular weight excluding hydrogens is 252 g/mol. The van der Waals surface area contributed by atoms with Gasteiger partial charge in [0, 0.05) is 25.0 Å². The molecule has 2 rings (SSSR count). The SMILES string of the molecule is CN=C(N)N(C)C(=O)c1cc2ccccc2[nH]1.Cl. The number of carbonyl (C=O) groups is 1. The monoisotopic (exact) mass is 266 g/mol. The molecule has 18 heavy (non-hydrogen) atoms. The highest BCUT2D eigenvalue weighted by Gasteiger charge is 2.16. The number of nitrogens with zero attached hydrogens (tertiary/aromatic N) is 2. The van der Waals surface area contributed by atoms with E-state index in [0.717, 1.165) is 10.9 Å². The van der Waals surface area contributed by atoms with Crippen LogP contribution in [0.4, 0.5) is 0 Å². The second-order valence-corrected chi connectivity index (χ2v) is 3.72. The van der Waals surface area contributed by atoms with Crippen LogP contribution in [0.25, 0.3) is 10.9 Å². The maximum Gasteiger partial charge on any atom is 0.276 e. The lowest BCUT2D eigenvalue weighted by molar-refractivity contribution is 0.0865. The Morgan fingerprint density at radius 3 is 2.67 bits per heavy atom. The molecule has 3 N–H and O–H groups in total. The van der Waals surface area contributed by atoms with Crippen molar-refractivity contribution in [1.29, 1.82) is 0 Å². The first kappa shape index (κ1) is 14.1. The number of carbonyl (C=O) groups excluding carboxylic acids is 1. The second-order valence-electron chi connectivity index (χ2n) is 3.72. The fourth-order valence-corrected chi connectivity index (χ4v) is 1.62. The zero-order chi connectivity index (χ0) is 12.4. The van der Waals surface area contributed by atoms with Gasteiger partial charge in [0.15, 0.2) is 5.96 Å². The number of nitrogens with two attached hydrogens (primary N) is 1. The van der Waals surface area contributed by atoms with Crippen LogP contribution in [0.3, 0.4) is 0 Å². The van der Waals surface area contributed by atoms with Crippen molar-refractivity contribution in [2.75, 3.05) is 14.1 Å². The predicted molar refractivity (Wildman–Crippen MR) is 75.2 cm³/mol. The van der Waals surface area contributed by atoms with Crippen molar-refractivity contribution < 1.29 is 4.79 Å². The van der Waals surface area contributed by atoms with E-state index in [1.807, 2.05) is 24.3 Å². The Kier molecular flexibility index (Phi) is 4.33. The van der Waals surface area contributed by atoms with Crippen molar-refractivity contribution in [3.8, 4) is 0 Å². The first-order valence-electron chi connectivity index (χ1n) is 5.21. The summed E-state index contributed by atoms with van der Waals surface area (Å²) < 4.78 is 0. The van der Waals surface area contributed by atoms with E-state index in [1.54, 1.807) is 20.2 Å². The normalized spacial score (nSPS) is 11.1. The van der Waals surface area contributed by atoms with Crippen LogP contribution in [-0.4, -0.2) is 35.8 Å². The summed E-state index contributed by atoms with van der Waals surface area (Å²) in [7, 11) is 3.14. The van der Waals surface area contributed by atoms with Gasteiger partial charge in [0.25, 0.3) is 5.91 Å². The van der Waals surface area contributed by atoms with Gasteiger partial charge in [-0.25, -0.2) is 0 Å². The van der Waals surface area contributed by atoms with E-state index in [4.69, 9.17) is 5.73 Å². The first-order valence-corrected chi connectivity index (χ1v) is 5.21. The molecule has 0 aliphatic carbocycles. The van der Waals surface area contributed by atoms with Crippen LogP contribution >= 0.6 is 12.4 Å². The summed E-state index contributed by atoms with van der Waals surface area (Å²) in [5, 5.41) is 0.997. The van der Waals surface area contributed by atoms with Gasteiger partial charge in [0.1, 0.15) is 5.69 Å².